The fourth-order valence-corrected chi connectivity index (χ4v) is 6.77. The zero-order valence-electron chi connectivity index (χ0n) is 22.8. The SMILES string of the molecule is C[C@H]1[C@@H](N)CCN1c1ncc2c3c(c(-c4ncc(F)c5sc(NC(=O)OC(C)(C)C)c(C#N)c45)c(Cl)c2n1)COC3. The normalized spacial score (nSPS) is 18.6. The minimum absolute atomic E-state index is 0.0110. The van der Waals surface area contributed by atoms with Crippen LogP contribution in [-0.4, -0.2) is 45.3 Å². The van der Waals surface area contributed by atoms with Gasteiger partial charge >= 0.3 is 6.09 Å². The molecule has 3 aromatic heterocycles. The van der Waals surface area contributed by atoms with Crippen LogP contribution in [0.2, 0.25) is 5.02 Å². The maximum absolute atomic E-state index is 15.1. The molecule has 0 unspecified atom stereocenters. The summed E-state index contributed by atoms with van der Waals surface area (Å²) in [5.74, 6) is -0.116. The summed E-state index contributed by atoms with van der Waals surface area (Å²) in [5, 5.41) is 14.2. The van der Waals surface area contributed by atoms with Crippen molar-refractivity contribution in [1.82, 2.24) is 15.0 Å². The van der Waals surface area contributed by atoms with Crippen molar-refractivity contribution in [3.8, 4) is 17.3 Å². The smallest absolute Gasteiger partial charge is 0.412 e. The standard InChI is InChI=1S/C28H27ClFN7O3S/c1-12-18(32)5-6-37(12)26-34-8-14-15-10-39-11-16(15)19(21(29)22(14)35-26)23-20-13(7-31)25(36-27(38)40-28(2,3)4)41-24(20)17(30)9-33-23/h8-9,12,18H,5-6,10-11,32H2,1-4H3,(H,36,38)/t12-,18-/m0/s1. The van der Waals surface area contributed by atoms with E-state index in [2.05, 4.69) is 26.3 Å². The van der Waals surface area contributed by atoms with Crippen molar-refractivity contribution in [2.75, 3.05) is 16.8 Å². The summed E-state index contributed by atoms with van der Waals surface area (Å²) in [5.41, 5.74) is 8.48. The van der Waals surface area contributed by atoms with Gasteiger partial charge in [0.15, 0.2) is 5.82 Å². The van der Waals surface area contributed by atoms with Crippen molar-refractivity contribution >= 4 is 61.0 Å². The van der Waals surface area contributed by atoms with Crippen LogP contribution < -0.4 is 16.0 Å². The van der Waals surface area contributed by atoms with Gasteiger partial charge in [0.05, 0.1) is 45.9 Å². The number of thiophene rings is 1. The summed E-state index contributed by atoms with van der Waals surface area (Å²) < 4.78 is 26.5. The molecule has 1 fully saturated rings. The summed E-state index contributed by atoms with van der Waals surface area (Å²) in [6.07, 6.45) is 2.91. The van der Waals surface area contributed by atoms with E-state index in [4.69, 9.17) is 31.8 Å². The molecule has 2 aliphatic heterocycles. The molecule has 0 bridgehead atoms. The van der Waals surface area contributed by atoms with Crippen molar-refractivity contribution in [2.24, 2.45) is 5.73 Å². The average molecular weight is 596 g/mol. The van der Waals surface area contributed by atoms with Gasteiger partial charge in [-0.05, 0) is 45.2 Å². The van der Waals surface area contributed by atoms with E-state index in [1.165, 1.54) is 0 Å². The average Bonchev–Trinajstić information content (AvgIpc) is 3.62. The molecule has 1 aromatic carbocycles. The maximum atomic E-state index is 15.1. The van der Waals surface area contributed by atoms with Crippen LogP contribution in [0, 0.1) is 17.1 Å². The van der Waals surface area contributed by atoms with E-state index >= 15 is 4.39 Å². The molecule has 1 amide bonds. The lowest BCUT2D eigenvalue weighted by atomic mass is 9.94. The molecule has 2 aliphatic rings. The second-order valence-electron chi connectivity index (χ2n) is 11.2. The number of fused-ring (bicyclic) bond motifs is 4. The summed E-state index contributed by atoms with van der Waals surface area (Å²) in [7, 11) is 0. The van der Waals surface area contributed by atoms with Gasteiger partial charge in [-0.25, -0.2) is 19.2 Å². The first-order valence-corrected chi connectivity index (χ1v) is 14.3. The lowest BCUT2D eigenvalue weighted by Crippen LogP contribution is -2.37. The molecule has 0 saturated carbocycles. The number of anilines is 2. The van der Waals surface area contributed by atoms with E-state index in [9.17, 15) is 10.1 Å². The van der Waals surface area contributed by atoms with Gasteiger partial charge in [0.25, 0.3) is 0 Å². The number of carbonyl (C=O) groups is 1. The Hall–Kier alpha value is -3.63. The van der Waals surface area contributed by atoms with Crippen molar-refractivity contribution in [1.29, 1.82) is 5.26 Å². The number of carbonyl (C=O) groups excluding carboxylic acids is 1. The molecule has 1 saturated heterocycles. The highest BCUT2D eigenvalue weighted by Gasteiger charge is 2.33. The Morgan fingerprint density at radius 1 is 1.32 bits per heavy atom. The molecule has 212 valence electrons. The van der Waals surface area contributed by atoms with Crippen LogP contribution >= 0.6 is 22.9 Å². The number of nitrogens with two attached hydrogens (primary N) is 1. The summed E-state index contributed by atoms with van der Waals surface area (Å²) in [6, 6.07) is 2.19. The second kappa shape index (κ2) is 10.0. The number of nitriles is 1. The number of halogens is 2. The number of hydrogen-bond acceptors (Lipinski definition) is 10. The Labute approximate surface area is 244 Å². The Kier molecular flexibility index (Phi) is 6.73. The molecule has 41 heavy (non-hydrogen) atoms. The van der Waals surface area contributed by atoms with E-state index in [-0.39, 0.29) is 39.3 Å². The number of aromatic nitrogens is 3. The molecule has 6 rings (SSSR count). The Bertz CT molecular complexity index is 1780. The van der Waals surface area contributed by atoms with Crippen LogP contribution in [0.3, 0.4) is 0 Å². The number of amides is 1. The number of benzene rings is 1. The van der Waals surface area contributed by atoms with E-state index in [0.29, 0.717) is 34.4 Å². The van der Waals surface area contributed by atoms with Crippen molar-refractivity contribution < 1.29 is 18.7 Å². The first-order chi connectivity index (χ1) is 19.5. The van der Waals surface area contributed by atoms with Gasteiger partial charge in [0.2, 0.25) is 5.95 Å². The molecule has 0 aliphatic carbocycles. The zero-order valence-corrected chi connectivity index (χ0v) is 24.4. The monoisotopic (exact) mass is 595 g/mol. The number of nitrogens with zero attached hydrogens (tertiary/aromatic N) is 5. The van der Waals surface area contributed by atoms with Crippen LogP contribution in [-0.2, 0) is 22.7 Å². The highest BCUT2D eigenvalue weighted by atomic mass is 35.5. The van der Waals surface area contributed by atoms with Gasteiger partial charge in [-0.15, -0.1) is 11.3 Å². The van der Waals surface area contributed by atoms with E-state index in [1.807, 2.05) is 6.92 Å². The fourth-order valence-electron chi connectivity index (χ4n) is 5.39. The fraction of sp³-hybridized carbons (Fsp3) is 0.393. The van der Waals surface area contributed by atoms with Crippen molar-refractivity contribution in [2.45, 2.75) is 65.0 Å². The first-order valence-electron chi connectivity index (χ1n) is 13.1. The van der Waals surface area contributed by atoms with Crippen LogP contribution in [0.25, 0.3) is 32.2 Å². The van der Waals surface area contributed by atoms with E-state index < -0.39 is 17.5 Å². The van der Waals surface area contributed by atoms with Gasteiger partial charge in [-0.3, -0.25) is 10.3 Å². The van der Waals surface area contributed by atoms with E-state index in [1.54, 1.807) is 27.0 Å². The predicted molar refractivity (Wildman–Crippen MR) is 156 cm³/mol. The number of nitrogens with one attached hydrogen (secondary N) is 1. The van der Waals surface area contributed by atoms with Gasteiger partial charge in [-0.1, -0.05) is 11.6 Å². The molecule has 0 spiro atoms. The van der Waals surface area contributed by atoms with Gasteiger partial charge in [0.1, 0.15) is 16.7 Å². The van der Waals surface area contributed by atoms with Crippen LogP contribution in [0.15, 0.2) is 12.4 Å². The summed E-state index contributed by atoms with van der Waals surface area (Å²) >= 11 is 8.04. The highest BCUT2D eigenvalue weighted by molar-refractivity contribution is 7.23. The molecule has 0 radical (unpaired) electrons. The zero-order chi connectivity index (χ0) is 29.2. The minimum atomic E-state index is -0.761. The lowest BCUT2D eigenvalue weighted by molar-refractivity contribution is 0.0636. The number of pyridine rings is 1. The van der Waals surface area contributed by atoms with Crippen LogP contribution in [0.4, 0.5) is 20.1 Å². The molecule has 3 N–H and O–H groups in total. The van der Waals surface area contributed by atoms with Crippen LogP contribution in [0.1, 0.15) is 50.8 Å². The Morgan fingerprint density at radius 3 is 2.76 bits per heavy atom. The van der Waals surface area contributed by atoms with Crippen LogP contribution in [0.5, 0.6) is 0 Å². The summed E-state index contributed by atoms with van der Waals surface area (Å²) in [4.78, 5) is 28.5. The molecule has 10 nitrogen and oxygen atoms in total. The van der Waals surface area contributed by atoms with Gasteiger partial charge in [0, 0.05) is 41.2 Å². The summed E-state index contributed by atoms with van der Waals surface area (Å²) in [6.45, 7) is 8.49. The lowest BCUT2D eigenvalue weighted by Gasteiger charge is -2.23. The minimum Gasteiger partial charge on any atom is -0.444 e. The highest BCUT2D eigenvalue weighted by Crippen LogP contribution is 2.47. The molecule has 13 heteroatoms. The molecule has 5 heterocycles. The molecular formula is C28H27ClFN7O3S. The topological polar surface area (TPSA) is 139 Å². The molecular weight excluding hydrogens is 569 g/mol. The third-order valence-electron chi connectivity index (χ3n) is 7.39. The number of hydrogen-bond donors (Lipinski definition) is 2. The third kappa shape index (κ3) is 4.63. The Morgan fingerprint density at radius 2 is 2.07 bits per heavy atom. The molecule has 4 aromatic rings. The quantitative estimate of drug-likeness (QED) is 0.297. The molecule has 2 atom stereocenters. The third-order valence-corrected chi connectivity index (χ3v) is 8.87. The van der Waals surface area contributed by atoms with Gasteiger partial charge < -0.3 is 20.1 Å². The first kappa shape index (κ1) is 27.5. The second-order valence-corrected chi connectivity index (χ2v) is 12.6. The van der Waals surface area contributed by atoms with Crippen molar-refractivity contribution in [3.05, 3.63) is 39.9 Å². The predicted octanol–water partition coefficient (Wildman–Crippen LogP) is 5.87. The van der Waals surface area contributed by atoms with Gasteiger partial charge in [-0.2, -0.15) is 5.26 Å². The number of ether oxygens (including phenoxy) is 2. The maximum Gasteiger partial charge on any atom is 0.412 e. The van der Waals surface area contributed by atoms with Crippen molar-refractivity contribution in [3.63, 3.8) is 0 Å². The number of rotatable bonds is 3. The van der Waals surface area contributed by atoms with E-state index in [0.717, 1.165) is 47.0 Å². The largest absolute Gasteiger partial charge is 0.444 e. The Balaban J connectivity index is 1.56.